The lowest BCUT2D eigenvalue weighted by atomic mass is 10.1. The molecule has 2 N–H and O–H groups in total. The van der Waals surface area contributed by atoms with Crippen molar-refractivity contribution in [3.63, 3.8) is 0 Å². The zero-order valence-electron chi connectivity index (χ0n) is 14.7. The third kappa shape index (κ3) is 4.92. The largest absolute Gasteiger partial charge is 0.474 e. The number of anilines is 1. The fourth-order valence-electron chi connectivity index (χ4n) is 2.92. The average Bonchev–Trinajstić information content (AvgIpc) is 2.61. The van der Waals surface area contributed by atoms with Gasteiger partial charge in [0, 0.05) is 32.1 Å². The van der Waals surface area contributed by atoms with Gasteiger partial charge in [-0.25, -0.2) is 9.78 Å². The van der Waals surface area contributed by atoms with E-state index in [-0.39, 0.29) is 37.4 Å². The molecule has 2 aliphatic heterocycles. The summed E-state index contributed by atoms with van der Waals surface area (Å²) in [6, 6.07) is 2.89. The molecule has 2 fully saturated rings. The van der Waals surface area contributed by atoms with Crippen LogP contribution in [0.1, 0.15) is 19.3 Å². The number of amides is 4. The highest BCUT2D eigenvalue weighted by molar-refractivity contribution is 6.00. The van der Waals surface area contributed by atoms with Gasteiger partial charge in [-0.3, -0.25) is 14.9 Å². The maximum absolute atomic E-state index is 12.1. The van der Waals surface area contributed by atoms with Crippen LogP contribution in [-0.2, 0) is 9.59 Å². The van der Waals surface area contributed by atoms with E-state index in [1.165, 1.54) is 11.1 Å². The minimum absolute atomic E-state index is 0.118. The molecule has 0 aliphatic carbocycles. The number of ether oxygens (including phenoxy) is 1. The maximum atomic E-state index is 12.1. The second kappa shape index (κ2) is 8.13. The number of nitrogens with one attached hydrogen (secondary N) is 2. The van der Waals surface area contributed by atoms with E-state index in [9.17, 15) is 14.4 Å². The minimum atomic E-state index is -0.545. The van der Waals surface area contributed by atoms with Crippen molar-refractivity contribution in [2.24, 2.45) is 0 Å². The average molecular weight is 361 g/mol. The van der Waals surface area contributed by atoms with Gasteiger partial charge in [0.15, 0.2) is 0 Å². The molecule has 2 saturated heterocycles. The molecule has 3 heterocycles. The lowest BCUT2D eigenvalue weighted by Gasteiger charge is -2.28. The number of aromatic nitrogens is 1. The van der Waals surface area contributed by atoms with Gasteiger partial charge in [0.25, 0.3) is 0 Å². The van der Waals surface area contributed by atoms with Gasteiger partial charge in [-0.05, 0) is 26.0 Å². The van der Waals surface area contributed by atoms with E-state index < -0.39 is 6.03 Å². The first kappa shape index (κ1) is 18.1. The molecule has 2 aliphatic rings. The molecule has 140 valence electrons. The normalized spacial score (nSPS) is 19.2. The summed E-state index contributed by atoms with van der Waals surface area (Å²) in [6.07, 6.45) is 3.83. The van der Waals surface area contributed by atoms with Gasteiger partial charge in [0.1, 0.15) is 12.6 Å². The Labute approximate surface area is 151 Å². The van der Waals surface area contributed by atoms with Crippen LogP contribution in [0.25, 0.3) is 0 Å². The number of likely N-dealkylation sites (tertiary alicyclic amines) is 1. The number of urea groups is 1. The topological polar surface area (TPSA) is 104 Å². The van der Waals surface area contributed by atoms with Crippen LogP contribution in [0, 0.1) is 0 Å². The second-order valence-electron chi connectivity index (χ2n) is 6.58. The highest BCUT2D eigenvalue weighted by atomic mass is 16.5. The first-order valence-electron chi connectivity index (χ1n) is 8.69. The van der Waals surface area contributed by atoms with Crippen molar-refractivity contribution in [1.29, 1.82) is 0 Å². The van der Waals surface area contributed by atoms with Crippen LogP contribution >= 0.6 is 0 Å². The Balaban J connectivity index is 1.47. The fourth-order valence-corrected chi connectivity index (χ4v) is 2.92. The molecule has 9 heteroatoms. The summed E-state index contributed by atoms with van der Waals surface area (Å²) in [7, 11) is 2.09. The van der Waals surface area contributed by atoms with E-state index in [4.69, 9.17) is 4.74 Å². The van der Waals surface area contributed by atoms with Crippen molar-refractivity contribution in [3.05, 3.63) is 18.3 Å². The number of pyridine rings is 1. The van der Waals surface area contributed by atoms with Gasteiger partial charge in [0.05, 0.1) is 11.9 Å². The van der Waals surface area contributed by atoms with E-state index in [0.717, 1.165) is 25.9 Å². The summed E-state index contributed by atoms with van der Waals surface area (Å²) in [5.74, 6) is -0.136. The van der Waals surface area contributed by atoms with E-state index >= 15 is 0 Å². The zero-order valence-corrected chi connectivity index (χ0v) is 14.7. The van der Waals surface area contributed by atoms with Crippen LogP contribution in [0.2, 0.25) is 0 Å². The Morgan fingerprint density at radius 3 is 2.73 bits per heavy atom. The summed E-state index contributed by atoms with van der Waals surface area (Å²) >= 11 is 0. The van der Waals surface area contributed by atoms with Gasteiger partial charge in [-0.1, -0.05) is 0 Å². The van der Waals surface area contributed by atoms with Crippen LogP contribution in [0.15, 0.2) is 18.3 Å². The van der Waals surface area contributed by atoms with E-state index in [1.807, 2.05) is 0 Å². The number of rotatable bonds is 5. The van der Waals surface area contributed by atoms with Crippen LogP contribution in [0.4, 0.5) is 10.5 Å². The summed E-state index contributed by atoms with van der Waals surface area (Å²) in [5.41, 5.74) is 0.527. The first-order chi connectivity index (χ1) is 12.5. The van der Waals surface area contributed by atoms with Gasteiger partial charge in [-0.15, -0.1) is 0 Å². The van der Waals surface area contributed by atoms with Crippen LogP contribution in [-0.4, -0.2) is 72.0 Å². The number of carbonyl (C=O) groups excluding carboxylic acids is 3. The molecule has 0 radical (unpaired) electrons. The Morgan fingerprint density at radius 1 is 1.31 bits per heavy atom. The number of hydrogen-bond donors (Lipinski definition) is 2. The predicted octanol–water partition coefficient (Wildman–Crippen LogP) is 0.435. The molecule has 0 bridgehead atoms. The molecule has 1 aromatic heterocycles. The number of nitrogens with zero attached hydrogens (tertiary/aromatic N) is 3. The molecule has 0 atom stereocenters. The summed E-state index contributed by atoms with van der Waals surface area (Å²) < 4.78 is 5.87. The SMILES string of the molecule is CN1CCC(Oc2ccc(NC(=O)CN3CCC(=O)NC3=O)cn2)CC1. The lowest BCUT2D eigenvalue weighted by molar-refractivity contribution is -0.123. The van der Waals surface area contributed by atoms with E-state index in [1.54, 1.807) is 12.1 Å². The van der Waals surface area contributed by atoms with Gasteiger partial charge >= 0.3 is 6.03 Å². The molecule has 26 heavy (non-hydrogen) atoms. The van der Waals surface area contributed by atoms with Gasteiger partial charge in [0.2, 0.25) is 17.7 Å². The van der Waals surface area contributed by atoms with Crippen LogP contribution in [0.3, 0.4) is 0 Å². The zero-order chi connectivity index (χ0) is 18.5. The molecule has 0 saturated carbocycles. The molecule has 0 unspecified atom stereocenters. The molecule has 3 rings (SSSR count). The van der Waals surface area contributed by atoms with Crippen LogP contribution < -0.4 is 15.4 Å². The standard InChI is InChI=1S/C17H23N5O4/c1-21-7-4-13(5-8-21)26-16-3-2-12(10-18-16)19-15(24)11-22-9-6-14(23)20-17(22)25/h2-3,10,13H,4-9,11H2,1H3,(H,19,24)(H,20,23,25). The third-order valence-electron chi connectivity index (χ3n) is 4.45. The highest BCUT2D eigenvalue weighted by Gasteiger charge is 2.24. The van der Waals surface area contributed by atoms with Crippen molar-refractivity contribution in [3.8, 4) is 5.88 Å². The Morgan fingerprint density at radius 2 is 2.08 bits per heavy atom. The van der Waals surface area contributed by atoms with E-state index in [0.29, 0.717) is 11.6 Å². The lowest BCUT2D eigenvalue weighted by Crippen LogP contribution is -2.51. The first-order valence-corrected chi connectivity index (χ1v) is 8.69. The maximum Gasteiger partial charge on any atom is 0.324 e. The molecule has 0 aromatic carbocycles. The van der Waals surface area contributed by atoms with E-state index in [2.05, 4.69) is 27.6 Å². The summed E-state index contributed by atoms with van der Waals surface area (Å²) in [5, 5.41) is 4.87. The molecule has 1 aromatic rings. The number of carbonyl (C=O) groups is 3. The quantitative estimate of drug-likeness (QED) is 0.788. The van der Waals surface area contributed by atoms with Crippen molar-refractivity contribution in [1.82, 2.24) is 20.1 Å². The fraction of sp³-hybridized carbons (Fsp3) is 0.529. The molecule has 0 spiro atoms. The van der Waals surface area contributed by atoms with Gasteiger partial charge in [-0.2, -0.15) is 0 Å². The van der Waals surface area contributed by atoms with Crippen molar-refractivity contribution in [2.45, 2.75) is 25.4 Å². The second-order valence-corrected chi connectivity index (χ2v) is 6.58. The predicted molar refractivity (Wildman–Crippen MR) is 93.7 cm³/mol. The Kier molecular flexibility index (Phi) is 5.67. The number of hydrogen-bond acceptors (Lipinski definition) is 6. The van der Waals surface area contributed by atoms with Crippen LogP contribution in [0.5, 0.6) is 5.88 Å². The smallest absolute Gasteiger partial charge is 0.324 e. The monoisotopic (exact) mass is 361 g/mol. The summed E-state index contributed by atoms with van der Waals surface area (Å²) in [4.78, 5) is 42.6. The van der Waals surface area contributed by atoms with Gasteiger partial charge < -0.3 is 19.9 Å². The van der Waals surface area contributed by atoms with Crippen molar-refractivity contribution in [2.75, 3.05) is 38.5 Å². The third-order valence-corrected chi connectivity index (χ3v) is 4.45. The molecular formula is C17H23N5O4. The Bertz CT molecular complexity index is 670. The minimum Gasteiger partial charge on any atom is -0.474 e. The molecule has 4 amide bonds. The molecular weight excluding hydrogens is 338 g/mol. The molecule has 9 nitrogen and oxygen atoms in total. The Hall–Kier alpha value is -2.68. The van der Waals surface area contributed by atoms with Crippen molar-refractivity contribution < 1.29 is 19.1 Å². The van der Waals surface area contributed by atoms with Crippen molar-refractivity contribution >= 4 is 23.5 Å². The number of piperidine rings is 1. The highest BCUT2D eigenvalue weighted by Crippen LogP contribution is 2.18. The number of imide groups is 1. The summed E-state index contributed by atoms with van der Waals surface area (Å²) in [6.45, 7) is 2.13.